The van der Waals surface area contributed by atoms with E-state index >= 15 is 0 Å². The van der Waals surface area contributed by atoms with Crippen molar-refractivity contribution in [3.8, 4) is 5.75 Å². The van der Waals surface area contributed by atoms with E-state index in [0.717, 1.165) is 33.5 Å². The van der Waals surface area contributed by atoms with Gasteiger partial charge in [0.05, 0.1) is 19.2 Å². The zero-order valence-corrected chi connectivity index (χ0v) is 13.4. The van der Waals surface area contributed by atoms with Crippen LogP contribution in [0.1, 0.15) is 22.9 Å². The monoisotopic (exact) mass is 321 g/mol. The summed E-state index contributed by atoms with van der Waals surface area (Å²) in [6.45, 7) is 0. The van der Waals surface area contributed by atoms with Crippen molar-refractivity contribution in [3.05, 3.63) is 65.4 Å². The van der Waals surface area contributed by atoms with Gasteiger partial charge in [0.1, 0.15) is 5.75 Å². The lowest BCUT2D eigenvalue weighted by molar-refractivity contribution is -0.120. The van der Waals surface area contributed by atoms with Gasteiger partial charge in [-0.1, -0.05) is 30.3 Å². The first-order chi connectivity index (χ1) is 11.7. The van der Waals surface area contributed by atoms with Crippen LogP contribution >= 0.6 is 0 Å². The second-order valence-corrected chi connectivity index (χ2v) is 6.09. The summed E-state index contributed by atoms with van der Waals surface area (Å²) in [5, 5.41) is 4.53. The number of amides is 1. The van der Waals surface area contributed by atoms with Gasteiger partial charge in [0, 0.05) is 16.6 Å². The highest BCUT2D eigenvalue weighted by molar-refractivity contribution is 5.88. The first-order valence-electron chi connectivity index (χ1n) is 7.96. The Labute approximate surface area is 139 Å². The first-order valence-corrected chi connectivity index (χ1v) is 7.96. The number of carbonyl (C=O) groups is 1. The van der Waals surface area contributed by atoms with Crippen LogP contribution in [0.5, 0.6) is 5.75 Å². The van der Waals surface area contributed by atoms with Gasteiger partial charge in [0.2, 0.25) is 5.91 Å². The predicted molar refractivity (Wildman–Crippen MR) is 93.0 cm³/mol. The van der Waals surface area contributed by atoms with Crippen LogP contribution in [-0.2, 0) is 11.2 Å². The maximum Gasteiger partial charge on any atom is 0.234 e. The van der Waals surface area contributed by atoms with E-state index in [1.165, 1.54) is 0 Å². The minimum Gasteiger partial charge on any atom is -0.497 e. The molecule has 122 valence electrons. The van der Waals surface area contributed by atoms with Crippen molar-refractivity contribution in [1.29, 1.82) is 0 Å². The van der Waals surface area contributed by atoms with Crippen molar-refractivity contribution in [2.75, 3.05) is 7.11 Å². The van der Waals surface area contributed by atoms with Crippen LogP contribution in [-0.4, -0.2) is 24.0 Å². The number of primary amides is 1. The Balaban J connectivity index is 1.85. The number of benzene rings is 2. The van der Waals surface area contributed by atoms with Crippen LogP contribution in [0.4, 0.5) is 0 Å². The van der Waals surface area contributed by atoms with Gasteiger partial charge < -0.3 is 15.5 Å². The highest BCUT2D eigenvalue weighted by atomic mass is 16.5. The van der Waals surface area contributed by atoms with Crippen molar-refractivity contribution in [2.45, 2.75) is 18.5 Å². The van der Waals surface area contributed by atoms with Gasteiger partial charge >= 0.3 is 0 Å². The third-order valence-corrected chi connectivity index (χ3v) is 4.70. The number of ether oxygens (including phenoxy) is 1. The van der Waals surface area contributed by atoms with E-state index in [2.05, 4.69) is 22.4 Å². The Morgan fingerprint density at radius 3 is 2.62 bits per heavy atom. The molecular formula is C19H19N3O2. The second kappa shape index (κ2) is 5.69. The van der Waals surface area contributed by atoms with E-state index in [4.69, 9.17) is 10.5 Å². The molecule has 1 aliphatic heterocycles. The van der Waals surface area contributed by atoms with Gasteiger partial charge in [-0.05, 0) is 35.7 Å². The number of methoxy groups -OCH3 is 1. The maximum atomic E-state index is 11.8. The number of nitrogens with two attached hydrogens (primary N) is 1. The molecule has 2 atom stereocenters. The topological polar surface area (TPSA) is 80.1 Å². The molecule has 2 heterocycles. The fourth-order valence-corrected chi connectivity index (χ4v) is 3.48. The summed E-state index contributed by atoms with van der Waals surface area (Å²) in [4.78, 5) is 15.3. The zero-order valence-electron chi connectivity index (χ0n) is 13.4. The number of aromatic amines is 1. The normalized spacial score (nSPS) is 19.9. The Hall–Kier alpha value is -2.79. The number of H-pyrrole nitrogens is 1. The first kappa shape index (κ1) is 14.8. The molecule has 1 unspecified atom stereocenters. The number of fused-ring (bicyclic) bond motifs is 3. The molecule has 0 fully saturated rings. The standard InChI is InChI=1S/C19H19N3O2/c1-24-12-8-6-11(7-9-12)17-18-14(10-16(22-17)19(20)23)13-4-2-3-5-15(13)21-18/h2-9,16-17,21-22H,10H2,1H3,(H2,20,23)/t16-,17?/m1/s1. The molecule has 0 spiro atoms. The number of para-hydroxylation sites is 1. The molecule has 1 amide bonds. The van der Waals surface area contributed by atoms with E-state index in [9.17, 15) is 4.79 Å². The molecule has 0 saturated heterocycles. The minimum absolute atomic E-state index is 0.107. The molecule has 1 aromatic heterocycles. The molecule has 0 bridgehead atoms. The van der Waals surface area contributed by atoms with Gasteiger partial charge in [-0.2, -0.15) is 0 Å². The fraction of sp³-hybridized carbons (Fsp3) is 0.211. The summed E-state index contributed by atoms with van der Waals surface area (Å²) in [6.07, 6.45) is 0.599. The summed E-state index contributed by atoms with van der Waals surface area (Å²) >= 11 is 0. The lowest BCUT2D eigenvalue weighted by atomic mass is 9.90. The van der Waals surface area contributed by atoms with Crippen LogP contribution < -0.4 is 15.8 Å². The van der Waals surface area contributed by atoms with Crippen molar-refractivity contribution < 1.29 is 9.53 Å². The van der Waals surface area contributed by atoms with E-state index in [1.54, 1.807) is 7.11 Å². The number of carbonyl (C=O) groups excluding carboxylic acids is 1. The highest BCUT2D eigenvalue weighted by Gasteiger charge is 2.32. The molecule has 0 aliphatic carbocycles. The second-order valence-electron chi connectivity index (χ2n) is 6.09. The smallest absolute Gasteiger partial charge is 0.234 e. The lowest BCUT2D eigenvalue weighted by Crippen LogP contribution is -2.48. The highest BCUT2D eigenvalue weighted by Crippen LogP contribution is 2.35. The van der Waals surface area contributed by atoms with Crippen LogP contribution in [0.15, 0.2) is 48.5 Å². The lowest BCUT2D eigenvalue weighted by Gasteiger charge is -2.30. The van der Waals surface area contributed by atoms with E-state index in [0.29, 0.717) is 6.42 Å². The SMILES string of the molecule is COc1ccc(C2N[C@@H](C(N)=O)Cc3c2[nH]c2ccccc32)cc1. The van der Waals surface area contributed by atoms with Crippen LogP contribution in [0.3, 0.4) is 0 Å². The molecule has 3 aromatic rings. The van der Waals surface area contributed by atoms with Crippen LogP contribution in [0, 0.1) is 0 Å². The van der Waals surface area contributed by atoms with Gasteiger partial charge in [-0.15, -0.1) is 0 Å². The molecule has 4 rings (SSSR count). The number of aromatic nitrogens is 1. The van der Waals surface area contributed by atoms with E-state index in [1.807, 2.05) is 36.4 Å². The molecule has 2 aromatic carbocycles. The number of nitrogens with one attached hydrogen (secondary N) is 2. The van der Waals surface area contributed by atoms with Gasteiger partial charge in [0.25, 0.3) is 0 Å². The molecule has 24 heavy (non-hydrogen) atoms. The van der Waals surface area contributed by atoms with Crippen molar-refractivity contribution >= 4 is 16.8 Å². The molecular weight excluding hydrogens is 302 g/mol. The van der Waals surface area contributed by atoms with Crippen molar-refractivity contribution in [2.24, 2.45) is 5.73 Å². The maximum absolute atomic E-state index is 11.8. The summed E-state index contributed by atoms with van der Waals surface area (Å²) in [5.74, 6) is 0.474. The van der Waals surface area contributed by atoms with Gasteiger partial charge in [-0.3, -0.25) is 10.1 Å². The summed E-state index contributed by atoms with van der Waals surface area (Å²) in [7, 11) is 1.65. The molecule has 0 radical (unpaired) electrons. The minimum atomic E-state index is -0.385. The predicted octanol–water partition coefficient (Wildman–Crippen LogP) is 2.27. The largest absolute Gasteiger partial charge is 0.497 e. The fourth-order valence-electron chi connectivity index (χ4n) is 3.48. The third-order valence-electron chi connectivity index (χ3n) is 4.70. The number of hydrogen-bond donors (Lipinski definition) is 3. The Bertz CT molecular complexity index is 899. The molecule has 5 heteroatoms. The summed E-state index contributed by atoms with van der Waals surface area (Å²) in [6, 6.07) is 15.5. The average molecular weight is 321 g/mol. The van der Waals surface area contributed by atoms with Crippen molar-refractivity contribution in [1.82, 2.24) is 10.3 Å². The van der Waals surface area contributed by atoms with Gasteiger partial charge in [0.15, 0.2) is 0 Å². The number of hydrogen-bond acceptors (Lipinski definition) is 3. The summed E-state index contributed by atoms with van der Waals surface area (Å²) < 4.78 is 5.23. The number of rotatable bonds is 3. The molecule has 4 N–H and O–H groups in total. The Morgan fingerprint density at radius 2 is 1.92 bits per heavy atom. The Kier molecular flexibility index (Phi) is 3.50. The van der Waals surface area contributed by atoms with Crippen LogP contribution in [0.25, 0.3) is 10.9 Å². The quantitative estimate of drug-likeness (QED) is 0.692. The Morgan fingerprint density at radius 1 is 1.17 bits per heavy atom. The molecule has 1 aliphatic rings. The zero-order chi connectivity index (χ0) is 16.7. The van der Waals surface area contributed by atoms with E-state index < -0.39 is 0 Å². The van der Waals surface area contributed by atoms with Crippen LogP contribution in [0.2, 0.25) is 0 Å². The summed E-state index contributed by atoms with van der Waals surface area (Å²) in [5.41, 5.74) is 9.99. The molecule has 5 nitrogen and oxygen atoms in total. The van der Waals surface area contributed by atoms with E-state index in [-0.39, 0.29) is 18.0 Å². The van der Waals surface area contributed by atoms with Gasteiger partial charge in [-0.25, -0.2) is 0 Å². The third kappa shape index (κ3) is 2.34. The molecule has 0 saturated carbocycles. The van der Waals surface area contributed by atoms with Crippen molar-refractivity contribution in [3.63, 3.8) is 0 Å². The average Bonchev–Trinajstić information content (AvgIpc) is 2.99.